The molecule has 0 amide bonds. The minimum atomic E-state index is 0.0557. The Labute approximate surface area is 67.7 Å². The summed E-state index contributed by atoms with van der Waals surface area (Å²) in [6, 6.07) is 0. The fourth-order valence-electron chi connectivity index (χ4n) is 1.28. The van der Waals surface area contributed by atoms with Crippen LogP contribution in [0.4, 0.5) is 0 Å². The third-order valence-electron chi connectivity index (χ3n) is 1.92. The fraction of sp³-hybridized carbons (Fsp3) is 1.00. The summed E-state index contributed by atoms with van der Waals surface area (Å²) in [6.45, 7) is 2.80. The fourth-order valence-corrected chi connectivity index (χ4v) is 1.28. The largest absolute Gasteiger partial charge is 0.376 e. The van der Waals surface area contributed by atoms with Crippen LogP contribution in [0.5, 0.6) is 0 Å². The summed E-state index contributed by atoms with van der Waals surface area (Å²) >= 11 is 0. The van der Waals surface area contributed by atoms with Crippen molar-refractivity contribution in [3.63, 3.8) is 0 Å². The number of unbranched alkanes of at least 4 members (excludes halogenated alkanes) is 1. The summed E-state index contributed by atoms with van der Waals surface area (Å²) < 4.78 is 5.46. The highest BCUT2D eigenvalue weighted by Crippen LogP contribution is 2.05. The van der Waals surface area contributed by atoms with E-state index in [-0.39, 0.29) is 6.61 Å². The van der Waals surface area contributed by atoms with Crippen molar-refractivity contribution in [3.05, 3.63) is 0 Å². The lowest BCUT2D eigenvalue weighted by atomic mass is 10.1. The van der Waals surface area contributed by atoms with E-state index in [1.807, 2.05) is 0 Å². The maximum atomic E-state index is 10.1. The van der Waals surface area contributed by atoms with Crippen molar-refractivity contribution in [1.29, 1.82) is 0 Å². The lowest BCUT2D eigenvalue weighted by Gasteiger charge is -2.23. The topological polar surface area (TPSA) is 41.2 Å². The molecule has 0 saturated carbocycles. The van der Waals surface area contributed by atoms with Crippen molar-refractivity contribution in [2.75, 3.05) is 26.3 Å². The second-order valence-electron chi connectivity index (χ2n) is 2.90. The number of morpholine rings is 1. The van der Waals surface area contributed by atoms with Crippen LogP contribution in [-0.4, -0.2) is 32.4 Å². The Morgan fingerprint density at radius 3 is 3.00 bits per heavy atom. The van der Waals surface area contributed by atoms with Crippen LogP contribution in [0, 0.1) is 0 Å². The Kier molecular flexibility index (Phi) is 4.50. The van der Waals surface area contributed by atoms with Crippen LogP contribution in [0.1, 0.15) is 19.3 Å². The summed E-state index contributed by atoms with van der Waals surface area (Å²) in [6.07, 6.45) is 3.19. The van der Waals surface area contributed by atoms with Crippen LogP contribution in [0.2, 0.25) is 0 Å². The van der Waals surface area contributed by atoms with Crippen LogP contribution < -0.4 is 5.32 Å². The standard InChI is InChI=1S/C8H16NO2/c10-5-2-1-3-8-7-9-4-6-11-8/h8-9H,1-7H2. The minimum Gasteiger partial charge on any atom is -0.376 e. The summed E-state index contributed by atoms with van der Waals surface area (Å²) in [5, 5.41) is 13.4. The van der Waals surface area contributed by atoms with Gasteiger partial charge in [-0.1, -0.05) is 0 Å². The molecule has 1 heterocycles. The van der Waals surface area contributed by atoms with Crippen molar-refractivity contribution in [2.45, 2.75) is 25.4 Å². The summed E-state index contributed by atoms with van der Waals surface area (Å²) in [5.41, 5.74) is 0. The number of nitrogens with one attached hydrogen (secondary N) is 1. The SMILES string of the molecule is [O]CCCCC1CNCCO1. The zero-order valence-electron chi connectivity index (χ0n) is 6.84. The first-order chi connectivity index (χ1) is 5.43. The molecule has 1 radical (unpaired) electrons. The average Bonchev–Trinajstić information content (AvgIpc) is 2.07. The van der Waals surface area contributed by atoms with Gasteiger partial charge in [-0.3, -0.25) is 0 Å². The molecule has 1 aliphatic rings. The second-order valence-corrected chi connectivity index (χ2v) is 2.90. The van der Waals surface area contributed by atoms with Gasteiger partial charge in [0.25, 0.3) is 0 Å². The zero-order valence-corrected chi connectivity index (χ0v) is 6.84. The van der Waals surface area contributed by atoms with Crippen LogP contribution >= 0.6 is 0 Å². The molecule has 65 valence electrons. The molecule has 1 unspecified atom stereocenters. The van der Waals surface area contributed by atoms with Crippen LogP contribution in [-0.2, 0) is 9.84 Å². The van der Waals surface area contributed by atoms with Gasteiger partial charge >= 0.3 is 0 Å². The molecule has 0 spiro atoms. The van der Waals surface area contributed by atoms with Gasteiger partial charge in [0.15, 0.2) is 0 Å². The van der Waals surface area contributed by atoms with E-state index >= 15 is 0 Å². The maximum absolute atomic E-state index is 10.1. The van der Waals surface area contributed by atoms with E-state index in [2.05, 4.69) is 5.32 Å². The van der Waals surface area contributed by atoms with Crippen molar-refractivity contribution in [3.8, 4) is 0 Å². The normalized spacial score (nSPS) is 25.4. The van der Waals surface area contributed by atoms with Gasteiger partial charge in [-0.25, -0.2) is 5.11 Å². The molecule has 1 N–H and O–H groups in total. The van der Waals surface area contributed by atoms with Gasteiger partial charge in [-0.05, 0) is 19.3 Å². The van der Waals surface area contributed by atoms with Gasteiger partial charge in [0.1, 0.15) is 0 Å². The predicted octanol–water partition coefficient (Wildman–Crippen LogP) is 0.576. The van der Waals surface area contributed by atoms with E-state index in [9.17, 15) is 5.11 Å². The monoisotopic (exact) mass is 158 g/mol. The molecule has 0 bridgehead atoms. The number of ether oxygens (including phenoxy) is 1. The Morgan fingerprint density at radius 1 is 1.45 bits per heavy atom. The number of hydrogen-bond donors (Lipinski definition) is 1. The Bertz CT molecular complexity index is 92.1. The maximum Gasteiger partial charge on any atom is 0.0822 e. The third kappa shape index (κ3) is 3.70. The Morgan fingerprint density at radius 2 is 2.36 bits per heavy atom. The van der Waals surface area contributed by atoms with Gasteiger partial charge in [0.2, 0.25) is 0 Å². The molecule has 1 rings (SSSR count). The molecule has 3 heteroatoms. The number of hydrogen-bond acceptors (Lipinski definition) is 2. The third-order valence-corrected chi connectivity index (χ3v) is 1.92. The molecule has 0 aliphatic carbocycles. The van der Waals surface area contributed by atoms with E-state index in [4.69, 9.17) is 4.74 Å². The molecule has 1 atom stereocenters. The van der Waals surface area contributed by atoms with Crippen molar-refractivity contribution in [1.82, 2.24) is 5.32 Å². The van der Waals surface area contributed by atoms with Crippen molar-refractivity contribution < 1.29 is 9.84 Å². The van der Waals surface area contributed by atoms with Gasteiger partial charge < -0.3 is 10.1 Å². The van der Waals surface area contributed by atoms with Crippen LogP contribution in [0.15, 0.2) is 0 Å². The molecule has 0 aromatic heterocycles. The average molecular weight is 158 g/mol. The van der Waals surface area contributed by atoms with Gasteiger partial charge in [0, 0.05) is 13.1 Å². The highest BCUT2D eigenvalue weighted by atomic mass is 16.5. The first-order valence-corrected chi connectivity index (χ1v) is 4.34. The summed E-state index contributed by atoms with van der Waals surface area (Å²) in [5.74, 6) is 0. The van der Waals surface area contributed by atoms with E-state index in [0.717, 1.165) is 39.0 Å². The Balaban J connectivity index is 1.96. The summed E-state index contributed by atoms with van der Waals surface area (Å²) in [7, 11) is 0. The minimum absolute atomic E-state index is 0.0557. The van der Waals surface area contributed by atoms with Crippen molar-refractivity contribution in [2.24, 2.45) is 0 Å². The molecular weight excluding hydrogens is 142 g/mol. The lowest BCUT2D eigenvalue weighted by molar-refractivity contribution is 0.0209. The molecule has 1 saturated heterocycles. The highest BCUT2D eigenvalue weighted by molar-refractivity contribution is 4.66. The lowest BCUT2D eigenvalue weighted by Crippen LogP contribution is -2.38. The quantitative estimate of drug-likeness (QED) is 0.608. The Hall–Kier alpha value is -0.120. The number of rotatable bonds is 4. The van der Waals surface area contributed by atoms with Crippen molar-refractivity contribution >= 4 is 0 Å². The zero-order chi connectivity index (χ0) is 7.94. The summed E-state index contributed by atoms with van der Waals surface area (Å²) in [4.78, 5) is 0. The van der Waals surface area contributed by atoms with Crippen LogP contribution in [0.3, 0.4) is 0 Å². The molecule has 0 aromatic carbocycles. The first-order valence-electron chi connectivity index (χ1n) is 4.34. The molecular formula is C8H16NO2. The molecule has 1 aliphatic heterocycles. The molecule has 11 heavy (non-hydrogen) atoms. The molecule has 1 fully saturated rings. The van der Waals surface area contributed by atoms with Gasteiger partial charge in [0.05, 0.1) is 19.3 Å². The highest BCUT2D eigenvalue weighted by Gasteiger charge is 2.11. The smallest absolute Gasteiger partial charge is 0.0822 e. The molecule has 0 aromatic rings. The van der Waals surface area contributed by atoms with E-state index in [1.54, 1.807) is 0 Å². The van der Waals surface area contributed by atoms with Gasteiger partial charge in [-0.15, -0.1) is 0 Å². The van der Waals surface area contributed by atoms with E-state index < -0.39 is 0 Å². The second kappa shape index (κ2) is 5.52. The van der Waals surface area contributed by atoms with Crippen LogP contribution in [0.25, 0.3) is 0 Å². The predicted molar refractivity (Wildman–Crippen MR) is 42.0 cm³/mol. The first kappa shape index (κ1) is 8.97. The van der Waals surface area contributed by atoms with Gasteiger partial charge in [-0.2, -0.15) is 0 Å². The molecule has 3 nitrogen and oxygen atoms in total. The van der Waals surface area contributed by atoms with E-state index in [0.29, 0.717) is 6.10 Å². The van der Waals surface area contributed by atoms with E-state index in [1.165, 1.54) is 0 Å².